The van der Waals surface area contributed by atoms with E-state index >= 15 is 0 Å². The Hall–Kier alpha value is -0.480. The van der Waals surface area contributed by atoms with Gasteiger partial charge in [-0.3, -0.25) is 0 Å². The van der Waals surface area contributed by atoms with Gasteiger partial charge in [-0.1, -0.05) is 26.7 Å². The second-order valence-electron chi connectivity index (χ2n) is 4.57. The summed E-state index contributed by atoms with van der Waals surface area (Å²) in [6.07, 6.45) is 2.52. The number of halogens is 3. The third-order valence-corrected chi connectivity index (χ3v) is 3.73. The third-order valence-electron chi connectivity index (χ3n) is 3.12. The molecule has 1 aromatic carbocycles. The Morgan fingerprint density at radius 1 is 1.11 bits per heavy atom. The molecular weight excluding hydrogens is 302 g/mol. The van der Waals surface area contributed by atoms with Crippen molar-refractivity contribution in [2.24, 2.45) is 5.92 Å². The van der Waals surface area contributed by atoms with Crippen LogP contribution in [-0.4, -0.2) is 5.11 Å². The van der Waals surface area contributed by atoms with Gasteiger partial charge in [-0.2, -0.15) is 0 Å². The minimum absolute atomic E-state index is 0.0184. The summed E-state index contributed by atoms with van der Waals surface area (Å²) in [4.78, 5) is 0. The van der Waals surface area contributed by atoms with Gasteiger partial charge in [0, 0.05) is 5.56 Å². The zero-order chi connectivity index (χ0) is 13.7. The molecule has 0 fully saturated rings. The van der Waals surface area contributed by atoms with Crippen LogP contribution in [0.4, 0.5) is 8.78 Å². The zero-order valence-corrected chi connectivity index (χ0v) is 12.3. The first kappa shape index (κ1) is 15.6. The largest absolute Gasteiger partial charge is 0.388 e. The number of hydrogen-bond acceptors (Lipinski definition) is 1. The van der Waals surface area contributed by atoms with Crippen LogP contribution < -0.4 is 0 Å². The summed E-state index contributed by atoms with van der Waals surface area (Å²) in [5, 5.41) is 10.2. The van der Waals surface area contributed by atoms with Crippen LogP contribution in [0, 0.1) is 17.6 Å². The summed E-state index contributed by atoms with van der Waals surface area (Å²) in [7, 11) is 0. The number of rotatable bonds is 6. The van der Waals surface area contributed by atoms with Gasteiger partial charge in [0.25, 0.3) is 0 Å². The lowest BCUT2D eigenvalue weighted by Crippen LogP contribution is -2.14. The predicted octanol–water partition coefficient (Wildman–Crippen LogP) is 4.98. The monoisotopic (exact) mass is 320 g/mol. The fourth-order valence-electron chi connectivity index (χ4n) is 2.22. The summed E-state index contributed by atoms with van der Waals surface area (Å²) >= 11 is 2.93. The molecule has 0 heterocycles. The molecule has 0 bridgehead atoms. The van der Waals surface area contributed by atoms with Crippen molar-refractivity contribution in [1.29, 1.82) is 0 Å². The Bertz CT molecular complexity index is 390. The number of hydrogen-bond donors (Lipinski definition) is 1. The van der Waals surface area contributed by atoms with Crippen LogP contribution in [0.2, 0.25) is 0 Å². The molecule has 0 aliphatic heterocycles. The summed E-state index contributed by atoms with van der Waals surface area (Å²) in [6, 6.07) is 2.16. The first-order valence-corrected chi connectivity index (χ1v) is 7.13. The molecule has 18 heavy (non-hydrogen) atoms. The van der Waals surface area contributed by atoms with E-state index in [1.165, 1.54) is 0 Å². The second kappa shape index (κ2) is 7.19. The van der Waals surface area contributed by atoms with Gasteiger partial charge in [0.05, 0.1) is 10.6 Å². The van der Waals surface area contributed by atoms with Crippen molar-refractivity contribution in [3.8, 4) is 0 Å². The lowest BCUT2D eigenvalue weighted by Gasteiger charge is -2.23. The van der Waals surface area contributed by atoms with Crippen molar-refractivity contribution in [3.63, 3.8) is 0 Å². The Morgan fingerprint density at radius 3 is 2.17 bits per heavy atom. The van der Waals surface area contributed by atoms with Crippen LogP contribution >= 0.6 is 15.9 Å². The molecule has 1 aromatic rings. The highest BCUT2D eigenvalue weighted by Crippen LogP contribution is 2.33. The van der Waals surface area contributed by atoms with Crippen molar-refractivity contribution >= 4 is 15.9 Å². The number of aliphatic hydroxyl groups excluding tert-OH is 1. The molecule has 102 valence electrons. The van der Waals surface area contributed by atoms with Gasteiger partial charge in [-0.25, -0.2) is 8.78 Å². The molecule has 0 saturated heterocycles. The van der Waals surface area contributed by atoms with E-state index in [0.717, 1.165) is 37.8 Å². The van der Waals surface area contributed by atoms with E-state index < -0.39 is 17.7 Å². The van der Waals surface area contributed by atoms with Gasteiger partial charge >= 0.3 is 0 Å². The van der Waals surface area contributed by atoms with Crippen molar-refractivity contribution in [3.05, 3.63) is 33.8 Å². The molecular formula is C14H19BrF2O. The Labute approximate surface area is 115 Å². The van der Waals surface area contributed by atoms with E-state index in [-0.39, 0.29) is 16.0 Å². The quantitative estimate of drug-likeness (QED) is 0.733. The molecule has 0 spiro atoms. The summed E-state index contributed by atoms with van der Waals surface area (Å²) in [5.74, 6) is -1.12. The summed E-state index contributed by atoms with van der Waals surface area (Å²) in [5.41, 5.74) is 0.0580. The maximum Gasteiger partial charge on any atom is 0.137 e. The van der Waals surface area contributed by atoms with Crippen molar-refractivity contribution in [2.45, 2.75) is 45.6 Å². The average molecular weight is 321 g/mol. The standard InChI is InChI=1S/C14H19BrF2O/c1-3-5-9(6-4-2)14(18)10-7-13(17)11(15)8-12(10)16/h7-9,14,18H,3-6H2,1-2H3. The van der Waals surface area contributed by atoms with E-state index in [1.807, 2.05) is 13.8 Å². The van der Waals surface area contributed by atoms with Crippen LogP contribution in [0.1, 0.15) is 51.2 Å². The van der Waals surface area contributed by atoms with E-state index in [1.54, 1.807) is 0 Å². The predicted molar refractivity (Wildman–Crippen MR) is 72.3 cm³/mol. The van der Waals surface area contributed by atoms with Gasteiger partial charge in [0.2, 0.25) is 0 Å². The molecule has 1 unspecified atom stereocenters. The molecule has 1 nitrogen and oxygen atoms in total. The van der Waals surface area contributed by atoms with Crippen molar-refractivity contribution in [1.82, 2.24) is 0 Å². The Morgan fingerprint density at radius 2 is 1.67 bits per heavy atom. The molecule has 0 radical (unpaired) electrons. The summed E-state index contributed by atoms with van der Waals surface area (Å²) < 4.78 is 27.3. The molecule has 0 aliphatic carbocycles. The molecule has 1 atom stereocenters. The van der Waals surface area contributed by atoms with Gasteiger partial charge in [0.15, 0.2) is 0 Å². The van der Waals surface area contributed by atoms with Crippen molar-refractivity contribution < 1.29 is 13.9 Å². The molecule has 0 aromatic heterocycles. The molecule has 4 heteroatoms. The van der Waals surface area contributed by atoms with Gasteiger partial charge in [-0.15, -0.1) is 0 Å². The van der Waals surface area contributed by atoms with E-state index in [9.17, 15) is 13.9 Å². The van der Waals surface area contributed by atoms with E-state index in [0.29, 0.717) is 0 Å². The molecule has 0 aliphatic rings. The minimum Gasteiger partial charge on any atom is -0.388 e. The number of aliphatic hydroxyl groups is 1. The normalized spacial score (nSPS) is 13.1. The van der Waals surface area contributed by atoms with Crippen LogP contribution in [0.25, 0.3) is 0 Å². The van der Waals surface area contributed by atoms with Crippen LogP contribution in [0.3, 0.4) is 0 Å². The highest BCUT2D eigenvalue weighted by atomic mass is 79.9. The fraction of sp³-hybridized carbons (Fsp3) is 0.571. The molecule has 1 N–H and O–H groups in total. The average Bonchev–Trinajstić information content (AvgIpc) is 2.33. The van der Waals surface area contributed by atoms with Crippen LogP contribution in [0.15, 0.2) is 16.6 Å². The first-order valence-electron chi connectivity index (χ1n) is 6.33. The van der Waals surface area contributed by atoms with E-state index in [2.05, 4.69) is 15.9 Å². The Balaban J connectivity index is 3.00. The maximum atomic E-state index is 13.8. The first-order chi connectivity index (χ1) is 8.51. The lowest BCUT2D eigenvalue weighted by molar-refractivity contribution is 0.0926. The minimum atomic E-state index is -0.938. The lowest BCUT2D eigenvalue weighted by atomic mass is 9.88. The highest BCUT2D eigenvalue weighted by Gasteiger charge is 2.23. The van der Waals surface area contributed by atoms with E-state index in [4.69, 9.17) is 0 Å². The molecule has 0 saturated carbocycles. The highest BCUT2D eigenvalue weighted by molar-refractivity contribution is 9.10. The van der Waals surface area contributed by atoms with Gasteiger partial charge in [0.1, 0.15) is 11.6 Å². The summed E-state index contributed by atoms with van der Waals surface area (Å²) in [6.45, 7) is 4.04. The Kier molecular flexibility index (Phi) is 6.22. The van der Waals surface area contributed by atoms with Crippen molar-refractivity contribution in [2.75, 3.05) is 0 Å². The molecule has 0 amide bonds. The molecule has 1 rings (SSSR count). The fourth-order valence-corrected chi connectivity index (χ4v) is 2.54. The van der Waals surface area contributed by atoms with Crippen LogP contribution in [0.5, 0.6) is 0 Å². The van der Waals surface area contributed by atoms with Gasteiger partial charge < -0.3 is 5.11 Å². The second-order valence-corrected chi connectivity index (χ2v) is 5.42. The number of benzene rings is 1. The SMILES string of the molecule is CCCC(CCC)C(O)c1cc(F)c(Br)cc1F. The topological polar surface area (TPSA) is 20.2 Å². The maximum absolute atomic E-state index is 13.8. The van der Waals surface area contributed by atoms with Gasteiger partial charge in [-0.05, 0) is 46.8 Å². The smallest absolute Gasteiger partial charge is 0.137 e. The zero-order valence-electron chi connectivity index (χ0n) is 10.7. The third kappa shape index (κ3) is 3.75. The van der Waals surface area contributed by atoms with Crippen LogP contribution in [-0.2, 0) is 0 Å².